The van der Waals surface area contributed by atoms with Crippen LogP contribution in [0.2, 0.25) is 0 Å². The number of hydrogen-bond donors (Lipinski definition) is 0. The fraction of sp³-hybridized carbons (Fsp3) is 0. The first-order valence-electron chi connectivity index (χ1n) is 2.15. The quantitative estimate of drug-likeness (QED) is 0.399. The highest BCUT2D eigenvalue weighted by Gasteiger charge is 1.29. The topological polar surface area (TPSA) is 0 Å². The molecule has 0 radical (unpaired) electrons. The molecule has 0 atom stereocenters. The van der Waals surface area contributed by atoms with Gasteiger partial charge in [-0.3, -0.25) is 0 Å². The largest absolute Gasteiger partial charge is 0.0991 e. The summed E-state index contributed by atoms with van der Waals surface area (Å²) in [5.74, 6) is 0. The number of rotatable bonds is 1. The van der Waals surface area contributed by atoms with E-state index in [1.807, 2.05) is 0 Å². The molecule has 22 valence electrons. The predicted molar refractivity (Wildman–Crippen MR) is 20.4 cm³/mol. The Hall–Kier alpha value is -0.520. The van der Waals surface area contributed by atoms with Gasteiger partial charge in [0.2, 0.25) is 0 Å². The molecule has 0 aliphatic heterocycles. The Morgan fingerprint density at radius 3 is 2.25 bits per heavy atom. The molecular formula is C4H6. The lowest BCUT2D eigenvalue weighted by atomic mass is 10.6. The van der Waals surface area contributed by atoms with Crippen LogP contribution in [0.3, 0.4) is 0 Å². The average molecular weight is 58.1 g/mol. The Morgan fingerprint density at radius 1 is 1.50 bits per heavy atom. The van der Waals surface area contributed by atoms with Crippen LogP contribution in [0, 0.1) is 0 Å². The first kappa shape index (κ1) is 1.07. The van der Waals surface area contributed by atoms with E-state index in [4.69, 9.17) is 2.74 Å². The van der Waals surface area contributed by atoms with Gasteiger partial charge in [-0.2, -0.15) is 0 Å². The van der Waals surface area contributed by atoms with Crippen LogP contribution >= 0.6 is 0 Å². The van der Waals surface area contributed by atoms with Gasteiger partial charge >= 0.3 is 0 Å². The van der Waals surface area contributed by atoms with Crippen molar-refractivity contribution in [2.45, 2.75) is 0 Å². The van der Waals surface area contributed by atoms with Crippen LogP contribution in [0.4, 0.5) is 0 Å². The summed E-state index contributed by atoms with van der Waals surface area (Å²) < 4.78 is 12.8. The second-order valence-electron chi connectivity index (χ2n) is 0.385. The summed E-state index contributed by atoms with van der Waals surface area (Å²) in [5.41, 5.74) is 0. The third-order valence-corrected chi connectivity index (χ3v) is 0.111. The van der Waals surface area contributed by atoms with E-state index in [0.717, 1.165) is 13.1 Å². The molecule has 0 heteroatoms. The van der Waals surface area contributed by atoms with Crippen molar-refractivity contribution in [1.82, 2.24) is 0 Å². The minimum atomic E-state index is 1.13. The van der Waals surface area contributed by atoms with E-state index >= 15 is 0 Å². The summed E-state index contributed by atoms with van der Waals surface area (Å²) in [7, 11) is 0. The van der Waals surface area contributed by atoms with Crippen molar-refractivity contribution in [3.8, 4) is 0 Å². The predicted octanol–water partition coefficient (Wildman–Crippen LogP) is 1.36. The zero-order chi connectivity index (χ0) is 4.83. The van der Waals surface area contributed by atoms with E-state index in [1.54, 1.807) is 0 Å². The average Bonchev–Trinajstić information content (AvgIpc) is 1.61. The highest BCUT2D eigenvalue weighted by molar-refractivity contribution is 4.88. The lowest BCUT2D eigenvalue weighted by molar-refractivity contribution is 2.15. The maximum Gasteiger partial charge on any atom is 0.0538 e. The molecule has 0 saturated carbocycles. The molecule has 0 bridgehead atoms. The summed E-state index contributed by atoms with van der Waals surface area (Å²) >= 11 is 0. The molecule has 0 unspecified atom stereocenters. The lowest BCUT2D eigenvalue weighted by Crippen LogP contribution is -1.21. The standard InChI is InChI=1S/C4H6/c1-3-4-2/h3-4H,1-2H2/i1T,2T. The normalized spacial score (nSPS) is 18.0. The van der Waals surface area contributed by atoms with Crippen LogP contribution < -0.4 is 0 Å². The second-order valence-corrected chi connectivity index (χ2v) is 0.385. The molecule has 4 heavy (non-hydrogen) atoms. The van der Waals surface area contributed by atoms with E-state index in [0.29, 0.717) is 0 Å². The Balaban J connectivity index is 3.07. The summed E-state index contributed by atoms with van der Waals surface area (Å²) in [6.45, 7) is 2.26. The minimum absolute atomic E-state index is 1.13. The first-order chi connectivity index (χ1) is 2.91. The SMILES string of the molecule is [3H]C=CC=C[3H]. The van der Waals surface area contributed by atoms with Crippen LogP contribution in [0.25, 0.3) is 0 Å². The summed E-state index contributed by atoms with van der Waals surface area (Å²) in [4.78, 5) is 0. The van der Waals surface area contributed by atoms with Crippen molar-refractivity contribution in [2.75, 3.05) is 0 Å². The molecule has 0 heterocycles. The van der Waals surface area contributed by atoms with Gasteiger partial charge in [0.15, 0.2) is 0 Å². The van der Waals surface area contributed by atoms with Crippen LogP contribution in [0.5, 0.6) is 0 Å². The van der Waals surface area contributed by atoms with Gasteiger partial charge in [-0.05, 0) is 0 Å². The minimum Gasteiger partial charge on any atom is -0.0991 e. The van der Waals surface area contributed by atoms with Crippen molar-refractivity contribution in [1.29, 1.82) is 0 Å². The highest BCUT2D eigenvalue weighted by Crippen LogP contribution is 1.52. The maximum atomic E-state index is 6.39. The van der Waals surface area contributed by atoms with Crippen molar-refractivity contribution < 1.29 is 2.74 Å². The Bertz CT molecular complexity index is 53.9. The lowest BCUT2D eigenvalue weighted by Gasteiger charge is -1.44. The number of hydrogen-bond acceptors (Lipinski definition) is 0. The van der Waals surface area contributed by atoms with Gasteiger partial charge in [-0.15, -0.1) is 0 Å². The third kappa shape index (κ3) is 1.48. The van der Waals surface area contributed by atoms with Gasteiger partial charge in [0.1, 0.15) is 0 Å². The van der Waals surface area contributed by atoms with Crippen LogP contribution in [0.1, 0.15) is 2.74 Å². The zero-order valence-corrected chi connectivity index (χ0v) is 2.31. The van der Waals surface area contributed by atoms with Crippen molar-refractivity contribution >= 4 is 0 Å². The molecular weight excluding hydrogens is 48.0 g/mol. The summed E-state index contributed by atoms with van der Waals surface area (Å²) in [6, 6.07) is 0. The summed E-state index contributed by atoms with van der Waals surface area (Å²) in [5, 5.41) is 0. The number of allylic oxidation sites excluding steroid dienone is 2. The Labute approximate surface area is 29.3 Å². The van der Waals surface area contributed by atoms with Gasteiger partial charge in [-0.1, -0.05) is 25.3 Å². The smallest absolute Gasteiger partial charge is 0.0538 e. The summed E-state index contributed by atoms with van der Waals surface area (Å²) in [6.07, 6.45) is 2.96. The molecule has 0 aromatic rings. The third-order valence-electron chi connectivity index (χ3n) is 0.111. The Kier molecular flexibility index (Phi) is 0.661. The van der Waals surface area contributed by atoms with E-state index < -0.39 is 0 Å². The highest BCUT2D eigenvalue weighted by atomic mass is 13.4. The first-order valence-corrected chi connectivity index (χ1v) is 1.00. The molecule has 0 rings (SSSR count). The second kappa shape index (κ2) is 2.48. The molecule has 0 aromatic carbocycles. The van der Waals surface area contributed by atoms with Gasteiger partial charge in [0, 0.05) is 0 Å². The van der Waals surface area contributed by atoms with E-state index in [9.17, 15) is 0 Å². The van der Waals surface area contributed by atoms with Crippen LogP contribution in [0.15, 0.2) is 25.3 Å². The molecule has 0 nitrogen and oxygen atoms in total. The molecule has 0 saturated heterocycles. The molecule has 0 aromatic heterocycles. The molecule has 0 amide bonds. The van der Waals surface area contributed by atoms with Crippen molar-refractivity contribution in [2.24, 2.45) is 0 Å². The van der Waals surface area contributed by atoms with Crippen LogP contribution in [-0.4, -0.2) is 0 Å². The fourth-order valence-corrected chi connectivity index (χ4v) is 0. The molecule has 0 aliphatic rings. The molecule has 0 fully saturated rings. The monoisotopic (exact) mass is 58.1 g/mol. The van der Waals surface area contributed by atoms with Gasteiger partial charge in [-0.25, -0.2) is 0 Å². The van der Waals surface area contributed by atoms with E-state index in [1.165, 1.54) is 12.2 Å². The van der Waals surface area contributed by atoms with E-state index in [-0.39, 0.29) is 0 Å². The maximum absolute atomic E-state index is 6.39. The van der Waals surface area contributed by atoms with Crippen molar-refractivity contribution in [3.05, 3.63) is 25.3 Å². The Morgan fingerprint density at radius 2 is 2.00 bits per heavy atom. The van der Waals surface area contributed by atoms with Gasteiger partial charge < -0.3 is 0 Å². The zero-order valence-electron chi connectivity index (χ0n) is 4.31. The molecule has 0 aliphatic carbocycles. The van der Waals surface area contributed by atoms with Crippen LogP contribution in [-0.2, 0) is 0 Å². The molecule has 0 spiro atoms. The van der Waals surface area contributed by atoms with Gasteiger partial charge in [0.05, 0.1) is 2.74 Å². The van der Waals surface area contributed by atoms with E-state index in [2.05, 4.69) is 0 Å². The van der Waals surface area contributed by atoms with Gasteiger partial charge in [0.25, 0.3) is 0 Å². The fourth-order valence-electron chi connectivity index (χ4n) is 0. The molecule has 0 N–H and O–H groups in total. The van der Waals surface area contributed by atoms with Crippen molar-refractivity contribution in [3.63, 3.8) is 0 Å².